The summed E-state index contributed by atoms with van der Waals surface area (Å²) in [5.41, 5.74) is 0. The molecule has 2 fully saturated rings. The molecule has 2 aliphatic rings. The Morgan fingerprint density at radius 1 is 0.655 bits per heavy atom. The van der Waals surface area contributed by atoms with Crippen LogP contribution < -0.4 is 42.5 Å². The van der Waals surface area contributed by atoms with Gasteiger partial charge in [-0.2, -0.15) is 0 Å². The Labute approximate surface area is 339 Å². The SMILES string of the molecule is CC(C)C[C@H](NC(=O)CNC(=O)[C@H](C)NC(=O)[C@@H](NC(=O)[C@@H]1CCCN1C(=O)[C@H](C)NC(=O)[C@H](CO)NC(=O)[C@H](CC(C)C)NC(=O)[C@@H]1CCCN1)C(C)C)C(=O)O. The van der Waals surface area contributed by atoms with E-state index in [-0.39, 0.29) is 43.6 Å². The summed E-state index contributed by atoms with van der Waals surface area (Å²) in [6.45, 7) is 13.0. The Balaban J connectivity index is 1.98. The lowest BCUT2D eigenvalue weighted by Gasteiger charge is -2.30. The summed E-state index contributed by atoms with van der Waals surface area (Å²) < 4.78 is 0. The van der Waals surface area contributed by atoms with Crippen LogP contribution in [-0.2, 0) is 43.2 Å². The van der Waals surface area contributed by atoms with Gasteiger partial charge in [0.25, 0.3) is 0 Å². The number of carboxylic acid groups (broad SMARTS) is 1. The first kappa shape index (κ1) is 49.3. The minimum atomic E-state index is -1.44. The van der Waals surface area contributed by atoms with Crippen molar-refractivity contribution in [1.29, 1.82) is 0 Å². The molecule has 0 radical (unpaired) electrons. The lowest BCUT2D eigenvalue weighted by Crippen LogP contribution is -2.60. The van der Waals surface area contributed by atoms with E-state index in [1.54, 1.807) is 27.7 Å². The largest absolute Gasteiger partial charge is 0.480 e. The highest BCUT2D eigenvalue weighted by Gasteiger charge is 2.39. The van der Waals surface area contributed by atoms with Gasteiger partial charge < -0.3 is 57.6 Å². The monoisotopic (exact) mass is 823 g/mol. The van der Waals surface area contributed by atoms with Gasteiger partial charge in [-0.1, -0.05) is 41.5 Å². The summed E-state index contributed by atoms with van der Waals surface area (Å²) >= 11 is 0. The molecular formula is C38H65N9O11. The van der Waals surface area contributed by atoms with E-state index in [4.69, 9.17) is 0 Å². The zero-order chi connectivity index (χ0) is 43.9. The number of carbonyl (C=O) groups is 9. The van der Waals surface area contributed by atoms with Crippen LogP contribution in [0.15, 0.2) is 0 Å². The summed E-state index contributed by atoms with van der Waals surface area (Å²) in [6, 6.07) is -8.40. The van der Waals surface area contributed by atoms with Gasteiger partial charge in [-0.05, 0) is 76.7 Å². The number of aliphatic hydroxyl groups is 1. The number of nitrogens with zero attached hydrogens (tertiary/aromatic N) is 1. The third-order valence-electron chi connectivity index (χ3n) is 9.86. The van der Waals surface area contributed by atoms with Gasteiger partial charge in [-0.15, -0.1) is 0 Å². The fourth-order valence-corrected chi connectivity index (χ4v) is 6.69. The van der Waals surface area contributed by atoms with Crippen molar-refractivity contribution in [3.8, 4) is 0 Å². The number of nitrogens with one attached hydrogen (secondary N) is 8. The number of rotatable bonds is 22. The first-order valence-electron chi connectivity index (χ1n) is 20.1. The first-order chi connectivity index (χ1) is 27.2. The molecule has 0 bridgehead atoms. The van der Waals surface area contributed by atoms with Crippen LogP contribution in [-0.4, -0.2) is 143 Å². The summed E-state index contributed by atoms with van der Waals surface area (Å²) in [5, 5.41) is 40.0. The van der Waals surface area contributed by atoms with Crippen LogP contribution in [0.5, 0.6) is 0 Å². The van der Waals surface area contributed by atoms with Gasteiger partial charge in [0.1, 0.15) is 42.3 Å². The Morgan fingerprint density at radius 3 is 1.81 bits per heavy atom. The standard InChI is InChI=1S/C38H65N9O11/c1-19(2)15-25(44-32(51)24-11-9-13-39-24)33(52)45-27(18-48)34(53)42-23(8)37(56)47-14-10-12-28(47)35(54)46-30(21(5)6)36(55)41-22(7)31(50)40-17-29(49)43-26(38(57)58)16-20(3)4/h19-28,30,39,48H,9-18H2,1-8H3,(H,40,50)(H,41,55)(H,42,53)(H,43,49)(H,44,51)(H,45,52)(H,46,54)(H,57,58)/t22-,23-,24-,25-,26-,27-,28-,30-/m0/s1. The number of aliphatic hydroxyl groups excluding tert-OH is 1. The molecule has 8 amide bonds. The maximum Gasteiger partial charge on any atom is 0.326 e. The van der Waals surface area contributed by atoms with E-state index in [9.17, 15) is 53.4 Å². The second kappa shape index (κ2) is 23.5. The molecule has 0 unspecified atom stereocenters. The third kappa shape index (κ3) is 15.5. The summed E-state index contributed by atoms with van der Waals surface area (Å²) in [4.78, 5) is 117. The van der Waals surface area contributed by atoms with E-state index in [0.717, 1.165) is 6.42 Å². The number of likely N-dealkylation sites (tertiary alicyclic amines) is 1. The summed E-state index contributed by atoms with van der Waals surface area (Å²) in [5.74, 6) is -6.89. The minimum Gasteiger partial charge on any atom is -0.480 e. The highest BCUT2D eigenvalue weighted by atomic mass is 16.4. The Bertz CT molecular complexity index is 1480. The normalized spacial score (nSPS) is 19.6. The Hall–Kier alpha value is -4.85. The molecule has 0 aliphatic carbocycles. The van der Waals surface area contributed by atoms with Gasteiger partial charge >= 0.3 is 5.97 Å². The molecule has 0 saturated carbocycles. The number of aliphatic carboxylic acids is 1. The van der Waals surface area contributed by atoms with E-state index in [1.807, 2.05) is 13.8 Å². The van der Waals surface area contributed by atoms with Crippen molar-refractivity contribution >= 4 is 53.2 Å². The van der Waals surface area contributed by atoms with Crippen molar-refractivity contribution in [2.24, 2.45) is 17.8 Å². The topological polar surface area (TPSA) is 294 Å². The lowest BCUT2D eigenvalue weighted by molar-refractivity contribution is -0.142. The molecule has 2 saturated heterocycles. The van der Waals surface area contributed by atoms with Crippen molar-refractivity contribution in [1.82, 2.24) is 47.4 Å². The zero-order valence-electron chi connectivity index (χ0n) is 34.9. The molecule has 58 heavy (non-hydrogen) atoms. The van der Waals surface area contributed by atoms with Crippen LogP contribution >= 0.6 is 0 Å². The average molecular weight is 824 g/mol. The van der Waals surface area contributed by atoms with E-state index >= 15 is 0 Å². The van der Waals surface area contributed by atoms with E-state index in [1.165, 1.54) is 18.7 Å². The van der Waals surface area contributed by atoms with Gasteiger partial charge in [0, 0.05) is 6.54 Å². The third-order valence-corrected chi connectivity index (χ3v) is 9.86. The Morgan fingerprint density at radius 2 is 1.26 bits per heavy atom. The van der Waals surface area contributed by atoms with Crippen LogP contribution in [0.4, 0.5) is 0 Å². The molecule has 2 aliphatic heterocycles. The molecule has 328 valence electrons. The maximum absolute atomic E-state index is 13.6. The molecule has 0 aromatic carbocycles. The van der Waals surface area contributed by atoms with Crippen LogP contribution in [0.2, 0.25) is 0 Å². The van der Waals surface area contributed by atoms with Crippen molar-refractivity contribution in [2.75, 3.05) is 26.2 Å². The molecule has 20 heteroatoms. The molecule has 0 spiro atoms. The fraction of sp³-hybridized carbons (Fsp3) is 0.763. The molecular weight excluding hydrogens is 758 g/mol. The molecule has 0 aromatic rings. The molecule has 8 atom stereocenters. The Kier molecular flexibility index (Phi) is 20.0. The van der Waals surface area contributed by atoms with E-state index in [0.29, 0.717) is 19.4 Å². The summed E-state index contributed by atoms with van der Waals surface area (Å²) in [7, 11) is 0. The van der Waals surface area contributed by atoms with Gasteiger partial charge in [0.05, 0.1) is 19.2 Å². The smallest absolute Gasteiger partial charge is 0.326 e. The van der Waals surface area contributed by atoms with Crippen molar-refractivity contribution in [3.05, 3.63) is 0 Å². The van der Waals surface area contributed by atoms with Gasteiger partial charge in [-0.3, -0.25) is 38.4 Å². The second-order valence-corrected chi connectivity index (χ2v) is 16.3. The van der Waals surface area contributed by atoms with E-state index in [2.05, 4.69) is 42.5 Å². The van der Waals surface area contributed by atoms with Crippen LogP contribution in [0, 0.1) is 17.8 Å². The first-order valence-corrected chi connectivity index (χ1v) is 20.1. The van der Waals surface area contributed by atoms with Gasteiger partial charge in [0.15, 0.2) is 0 Å². The average Bonchev–Trinajstić information content (AvgIpc) is 3.87. The van der Waals surface area contributed by atoms with Crippen LogP contribution in [0.1, 0.15) is 93.9 Å². The highest BCUT2D eigenvalue weighted by Crippen LogP contribution is 2.20. The molecule has 2 rings (SSSR count). The van der Waals surface area contributed by atoms with Crippen LogP contribution in [0.3, 0.4) is 0 Å². The van der Waals surface area contributed by atoms with Gasteiger partial charge in [-0.25, -0.2) is 4.79 Å². The minimum absolute atomic E-state index is 0.00231. The molecule has 20 nitrogen and oxygen atoms in total. The number of carboxylic acids is 1. The number of amides is 8. The molecule has 0 aromatic heterocycles. The zero-order valence-corrected chi connectivity index (χ0v) is 34.9. The fourth-order valence-electron chi connectivity index (χ4n) is 6.69. The van der Waals surface area contributed by atoms with Crippen LogP contribution in [0.25, 0.3) is 0 Å². The highest BCUT2D eigenvalue weighted by molar-refractivity contribution is 5.98. The molecule has 2 heterocycles. The van der Waals surface area contributed by atoms with Crippen molar-refractivity contribution in [2.45, 2.75) is 142 Å². The summed E-state index contributed by atoms with van der Waals surface area (Å²) in [6.07, 6.45) is 2.65. The number of hydrogen-bond donors (Lipinski definition) is 10. The predicted octanol–water partition coefficient (Wildman–Crippen LogP) is -2.38. The predicted molar refractivity (Wildman–Crippen MR) is 210 cm³/mol. The van der Waals surface area contributed by atoms with E-state index < -0.39 is 115 Å². The van der Waals surface area contributed by atoms with Gasteiger partial charge in [0.2, 0.25) is 47.3 Å². The quantitative estimate of drug-likeness (QED) is 0.0548. The van der Waals surface area contributed by atoms with Crippen molar-refractivity contribution < 1.29 is 53.4 Å². The van der Waals surface area contributed by atoms with Crippen molar-refractivity contribution in [3.63, 3.8) is 0 Å². The second-order valence-electron chi connectivity index (χ2n) is 16.3. The number of carbonyl (C=O) groups excluding carboxylic acids is 8. The maximum atomic E-state index is 13.6. The lowest BCUT2D eigenvalue weighted by atomic mass is 10.0. The molecule has 10 N–H and O–H groups in total. The number of hydrogen-bond acceptors (Lipinski definition) is 11.